The highest BCUT2D eigenvalue weighted by molar-refractivity contribution is 5.79. The van der Waals surface area contributed by atoms with Crippen LogP contribution >= 0.6 is 0 Å². The molecule has 3 aromatic rings. The number of nitrogens with two attached hydrogens (primary N) is 1. The molecule has 0 saturated carbocycles. The average molecular weight is 435 g/mol. The van der Waals surface area contributed by atoms with Gasteiger partial charge in [0.1, 0.15) is 23.2 Å². The van der Waals surface area contributed by atoms with Gasteiger partial charge in [0.05, 0.1) is 24.1 Å². The Hall–Kier alpha value is -3.80. The van der Waals surface area contributed by atoms with Crippen LogP contribution in [0.5, 0.6) is 0 Å². The number of aryl methyl sites for hydroxylation is 1. The summed E-state index contributed by atoms with van der Waals surface area (Å²) in [6, 6.07) is 11.7. The Morgan fingerprint density at radius 1 is 1.25 bits per heavy atom. The van der Waals surface area contributed by atoms with Crippen LogP contribution < -0.4 is 16.4 Å². The van der Waals surface area contributed by atoms with E-state index < -0.39 is 0 Å². The summed E-state index contributed by atoms with van der Waals surface area (Å²) in [5.74, 6) is 2.47. The van der Waals surface area contributed by atoms with Gasteiger partial charge in [0.15, 0.2) is 5.96 Å². The highest BCUT2D eigenvalue weighted by Crippen LogP contribution is 2.23. The number of hydrogen-bond donors (Lipinski definition) is 3. The number of nitrogen functional groups attached to an aromatic ring is 1. The van der Waals surface area contributed by atoms with Crippen LogP contribution in [0.15, 0.2) is 45.9 Å². The molecule has 1 aromatic carbocycles. The molecule has 2 heterocycles. The summed E-state index contributed by atoms with van der Waals surface area (Å²) < 4.78 is 7.41. The Labute approximate surface area is 188 Å². The lowest BCUT2D eigenvalue weighted by Crippen LogP contribution is -2.37. The third-order valence-corrected chi connectivity index (χ3v) is 4.91. The fourth-order valence-electron chi connectivity index (χ4n) is 3.12. The van der Waals surface area contributed by atoms with Gasteiger partial charge in [-0.05, 0) is 25.0 Å². The zero-order chi connectivity index (χ0) is 23.1. The molecule has 0 spiro atoms. The highest BCUT2D eigenvalue weighted by Gasteiger charge is 2.19. The number of benzene rings is 1. The molecule has 9 heteroatoms. The molecule has 0 amide bonds. The smallest absolute Gasteiger partial charge is 0.213 e. The molecule has 0 aliphatic rings. The Morgan fingerprint density at radius 2 is 2.00 bits per heavy atom. The Balaban J connectivity index is 1.52. The second-order valence-corrected chi connectivity index (χ2v) is 8.39. The number of aromatic nitrogens is 3. The van der Waals surface area contributed by atoms with Crippen molar-refractivity contribution in [2.24, 2.45) is 4.99 Å². The molecule has 9 nitrogen and oxygen atoms in total. The van der Waals surface area contributed by atoms with E-state index in [1.165, 1.54) is 0 Å². The van der Waals surface area contributed by atoms with Crippen LogP contribution in [0.2, 0.25) is 0 Å². The van der Waals surface area contributed by atoms with Crippen LogP contribution in [-0.4, -0.2) is 34.3 Å². The van der Waals surface area contributed by atoms with E-state index in [2.05, 4.69) is 52.5 Å². The van der Waals surface area contributed by atoms with E-state index in [0.717, 1.165) is 17.9 Å². The summed E-state index contributed by atoms with van der Waals surface area (Å²) in [4.78, 5) is 8.54. The first-order valence-electron chi connectivity index (χ1n) is 10.6. The van der Waals surface area contributed by atoms with E-state index in [0.29, 0.717) is 48.4 Å². The molecular formula is C23H30N8O. The Morgan fingerprint density at radius 3 is 2.62 bits per heavy atom. The van der Waals surface area contributed by atoms with Crippen molar-refractivity contribution >= 4 is 11.8 Å². The van der Waals surface area contributed by atoms with Gasteiger partial charge in [-0.1, -0.05) is 39.0 Å². The molecule has 0 fully saturated rings. The minimum atomic E-state index is -0.0790. The number of oxazole rings is 1. The van der Waals surface area contributed by atoms with Gasteiger partial charge in [-0.3, -0.25) is 4.99 Å². The lowest BCUT2D eigenvalue weighted by Gasteiger charge is -2.13. The third-order valence-electron chi connectivity index (χ3n) is 4.91. The van der Waals surface area contributed by atoms with Crippen LogP contribution in [-0.2, 0) is 18.4 Å². The van der Waals surface area contributed by atoms with E-state index in [1.54, 1.807) is 17.9 Å². The number of para-hydroxylation sites is 1. The molecule has 168 valence electrons. The van der Waals surface area contributed by atoms with E-state index >= 15 is 0 Å². The van der Waals surface area contributed by atoms with E-state index in [9.17, 15) is 5.26 Å². The number of anilines is 1. The maximum absolute atomic E-state index is 9.53. The Kier molecular flexibility index (Phi) is 7.15. The largest absolute Gasteiger partial charge is 0.443 e. The fourth-order valence-corrected chi connectivity index (χ4v) is 3.12. The molecule has 32 heavy (non-hydrogen) atoms. The van der Waals surface area contributed by atoms with Crippen molar-refractivity contribution in [2.45, 2.75) is 45.6 Å². The lowest BCUT2D eigenvalue weighted by molar-refractivity contribution is 0.379. The quantitative estimate of drug-likeness (QED) is 0.296. The van der Waals surface area contributed by atoms with Gasteiger partial charge < -0.3 is 20.8 Å². The van der Waals surface area contributed by atoms with Crippen LogP contribution in [0.1, 0.15) is 50.1 Å². The molecule has 0 unspecified atom stereocenters. The van der Waals surface area contributed by atoms with Gasteiger partial charge in [0.2, 0.25) is 5.89 Å². The predicted octanol–water partition coefficient (Wildman–Crippen LogP) is 2.91. The van der Waals surface area contributed by atoms with Crippen molar-refractivity contribution in [1.29, 1.82) is 5.26 Å². The summed E-state index contributed by atoms with van der Waals surface area (Å²) >= 11 is 0. The lowest BCUT2D eigenvalue weighted by atomic mass is 9.94. The third kappa shape index (κ3) is 5.46. The summed E-state index contributed by atoms with van der Waals surface area (Å²) in [6.45, 7) is 7.34. The highest BCUT2D eigenvalue weighted by atomic mass is 16.4. The summed E-state index contributed by atoms with van der Waals surface area (Å²) in [5, 5.41) is 20.5. The number of rotatable bonds is 7. The minimum absolute atomic E-state index is 0.0790. The van der Waals surface area contributed by atoms with Crippen molar-refractivity contribution in [3.05, 3.63) is 59.4 Å². The van der Waals surface area contributed by atoms with Crippen molar-refractivity contribution in [3.8, 4) is 11.8 Å². The van der Waals surface area contributed by atoms with Crippen molar-refractivity contribution in [2.75, 3.05) is 19.3 Å². The number of guanidine groups is 1. The second kappa shape index (κ2) is 10.0. The van der Waals surface area contributed by atoms with Crippen LogP contribution in [0.25, 0.3) is 5.69 Å². The molecule has 0 bridgehead atoms. The number of nitrogens with one attached hydrogen (secondary N) is 2. The molecule has 0 radical (unpaired) electrons. The predicted molar refractivity (Wildman–Crippen MR) is 124 cm³/mol. The van der Waals surface area contributed by atoms with E-state index in [-0.39, 0.29) is 5.41 Å². The van der Waals surface area contributed by atoms with Gasteiger partial charge in [0.25, 0.3) is 0 Å². The molecule has 0 saturated heterocycles. The summed E-state index contributed by atoms with van der Waals surface area (Å²) in [5.41, 5.74) is 8.03. The number of hydrogen-bond acceptors (Lipinski definition) is 6. The first kappa shape index (κ1) is 22.9. The first-order valence-corrected chi connectivity index (χ1v) is 10.6. The standard InChI is InChI=1S/C23H30N8O/c1-23(2,3)19-14-28-20(32-19)15-29-22(26-4)27-12-8-11-18-17(13-24)21(25)31(30-18)16-9-6-5-7-10-16/h5-7,9-10,14H,8,11-12,15,25H2,1-4H3,(H2,26,27,29). The number of nitrogens with zero attached hydrogens (tertiary/aromatic N) is 5. The topological polar surface area (TPSA) is 130 Å². The number of nitriles is 1. The molecular weight excluding hydrogens is 404 g/mol. The molecule has 3 rings (SSSR count). The second-order valence-electron chi connectivity index (χ2n) is 8.39. The van der Waals surface area contributed by atoms with Gasteiger partial charge in [-0.25, -0.2) is 9.67 Å². The maximum atomic E-state index is 9.53. The van der Waals surface area contributed by atoms with Gasteiger partial charge >= 0.3 is 0 Å². The molecule has 4 N–H and O–H groups in total. The van der Waals surface area contributed by atoms with Gasteiger partial charge in [-0.15, -0.1) is 0 Å². The fraction of sp³-hybridized carbons (Fsp3) is 0.391. The van der Waals surface area contributed by atoms with Crippen LogP contribution in [0.3, 0.4) is 0 Å². The Bertz CT molecular complexity index is 1100. The zero-order valence-corrected chi connectivity index (χ0v) is 19.0. The summed E-state index contributed by atoms with van der Waals surface area (Å²) in [7, 11) is 1.71. The van der Waals surface area contributed by atoms with Crippen molar-refractivity contribution in [1.82, 2.24) is 25.4 Å². The zero-order valence-electron chi connectivity index (χ0n) is 19.0. The molecule has 2 aromatic heterocycles. The normalized spacial score (nSPS) is 11.9. The molecule has 0 aliphatic heterocycles. The first-order chi connectivity index (χ1) is 15.3. The molecule has 0 aliphatic carbocycles. The minimum Gasteiger partial charge on any atom is -0.443 e. The van der Waals surface area contributed by atoms with E-state index in [4.69, 9.17) is 10.2 Å². The summed E-state index contributed by atoms with van der Waals surface area (Å²) in [6.07, 6.45) is 3.14. The van der Waals surface area contributed by atoms with Crippen LogP contribution in [0.4, 0.5) is 5.82 Å². The van der Waals surface area contributed by atoms with Crippen molar-refractivity contribution < 1.29 is 4.42 Å². The SMILES string of the molecule is CN=C(NCCCc1nn(-c2ccccc2)c(N)c1C#N)NCc1ncc(C(C)(C)C)o1. The monoisotopic (exact) mass is 434 g/mol. The number of aliphatic imine (C=N–C) groups is 1. The van der Waals surface area contributed by atoms with Crippen LogP contribution in [0, 0.1) is 11.3 Å². The molecule has 0 atom stereocenters. The van der Waals surface area contributed by atoms with Gasteiger partial charge in [0, 0.05) is 19.0 Å². The average Bonchev–Trinajstić information content (AvgIpc) is 3.38. The van der Waals surface area contributed by atoms with Gasteiger partial charge in [-0.2, -0.15) is 10.4 Å². The van der Waals surface area contributed by atoms with Crippen molar-refractivity contribution in [3.63, 3.8) is 0 Å². The maximum Gasteiger partial charge on any atom is 0.213 e. The van der Waals surface area contributed by atoms with E-state index in [1.807, 2.05) is 30.3 Å².